The van der Waals surface area contributed by atoms with Gasteiger partial charge in [-0.1, -0.05) is 24.3 Å². The molecule has 0 radical (unpaired) electrons. The van der Waals surface area contributed by atoms with Crippen LogP contribution in [0, 0.1) is 13.8 Å². The highest BCUT2D eigenvalue weighted by Crippen LogP contribution is 2.17. The maximum atomic E-state index is 12.6. The Balaban J connectivity index is 1.99. The molecule has 138 valence electrons. The lowest BCUT2D eigenvalue weighted by molar-refractivity contribution is -0.120. The maximum Gasteiger partial charge on any atom is 0.251 e. The Kier molecular flexibility index (Phi) is 6.52. The van der Waals surface area contributed by atoms with E-state index >= 15 is 0 Å². The van der Waals surface area contributed by atoms with Crippen LogP contribution in [0.1, 0.15) is 34.0 Å². The van der Waals surface area contributed by atoms with Gasteiger partial charge in [0.05, 0.1) is 6.04 Å². The molecule has 0 bridgehead atoms. The molecule has 1 atom stereocenters. The molecule has 2 amide bonds. The lowest BCUT2D eigenvalue weighted by atomic mass is 10.1. The highest BCUT2D eigenvalue weighted by Gasteiger charge is 2.19. The van der Waals surface area contributed by atoms with Crippen LogP contribution in [0.2, 0.25) is 0 Å². The monoisotopic (exact) mass is 353 g/mol. The van der Waals surface area contributed by atoms with Crippen LogP contribution in [-0.4, -0.2) is 36.9 Å². The smallest absolute Gasteiger partial charge is 0.251 e. The summed E-state index contributed by atoms with van der Waals surface area (Å²) in [6.07, 6.45) is 0. The molecule has 5 heteroatoms. The number of amides is 2. The standard InChI is InChI=1S/C21H27N3O2/c1-14-6-7-15(2)19(12-14)23-20(25)16(3)24(5)13-17-8-10-18(11-9-17)21(26)22-4/h6-12,16H,13H2,1-5H3,(H,22,26)(H,23,25)/t16-/m1/s1. The Morgan fingerprint density at radius 2 is 1.73 bits per heavy atom. The van der Waals surface area contributed by atoms with Crippen molar-refractivity contribution in [2.24, 2.45) is 0 Å². The predicted molar refractivity (Wildman–Crippen MR) is 105 cm³/mol. The van der Waals surface area contributed by atoms with Crippen molar-refractivity contribution in [2.75, 3.05) is 19.4 Å². The lowest BCUT2D eigenvalue weighted by Crippen LogP contribution is -2.39. The zero-order valence-corrected chi connectivity index (χ0v) is 16.1. The third-order valence-electron chi connectivity index (χ3n) is 4.57. The number of nitrogens with zero attached hydrogens (tertiary/aromatic N) is 1. The summed E-state index contributed by atoms with van der Waals surface area (Å²) < 4.78 is 0. The second-order valence-corrected chi connectivity index (χ2v) is 6.67. The van der Waals surface area contributed by atoms with Crippen LogP contribution in [0.25, 0.3) is 0 Å². The Morgan fingerprint density at radius 1 is 1.08 bits per heavy atom. The molecule has 5 nitrogen and oxygen atoms in total. The minimum Gasteiger partial charge on any atom is -0.355 e. The molecule has 26 heavy (non-hydrogen) atoms. The summed E-state index contributed by atoms with van der Waals surface area (Å²) in [5.41, 5.74) is 4.68. The maximum absolute atomic E-state index is 12.6. The number of anilines is 1. The van der Waals surface area contributed by atoms with E-state index in [1.165, 1.54) is 0 Å². The van der Waals surface area contributed by atoms with Crippen molar-refractivity contribution in [1.29, 1.82) is 0 Å². The summed E-state index contributed by atoms with van der Waals surface area (Å²) in [6, 6.07) is 13.2. The number of carbonyl (C=O) groups is 2. The Labute approximate surface area is 155 Å². The fraction of sp³-hybridized carbons (Fsp3) is 0.333. The molecule has 0 aliphatic heterocycles. The Hall–Kier alpha value is -2.66. The van der Waals surface area contributed by atoms with Crippen molar-refractivity contribution in [3.05, 3.63) is 64.7 Å². The quantitative estimate of drug-likeness (QED) is 0.839. The van der Waals surface area contributed by atoms with Crippen molar-refractivity contribution in [2.45, 2.75) is 33.4 Å². The van der Waals surface area contributed by atoms with E-state index in [1.807, 2.05) is 63.1 Å². The van der Waals surface area contributed by atoms with Gasteiger partial charge in [0.2, 0.25) is 5.91 Å². The molecular weight excluding hydrogens is 326 g/mol. The molecule has 2 rings (SSSR count). The molecule has 0 saturated heterocycles. The van der Waals surface area contributed by atoms with E-state index in [-0.39, 0.29) is 17.9 Å². The van der Waals surface area contributed by atoms with E-state index in [0.29, 0.717) is 12.1 Å². The predicted octanol–water partition coefficient (Wildman–Crippen LogP) is 3.12. The average Bonchev–Trinajstić information content (AvgIpc) is 2.63. The molecular formula is C21H27N3O2. The summed E-state index contributed by atoms with van der Waals surface area (Å²) in [6.45, 7) is 6.50. The first-order chi connectivity index (χ1) is 12.3. The lowest BCUT2D eigenvalue weighted by Gasteiger charge is -2.24. The number of benzene rings is 2. The van der Waals surface area contributed by atoms with Crippen molar-refractivity contribution in [3.63, 3.8) is 0 Å². The molecule has 0 aliphatic carbocycles. The van der Waals surface area contributed by atoms with Gasteiger partial charge in [0.15, 0.2) is 0 Å². The van der Waals surface area contributed by atoms with Crippen LogP contribution in [0.4, 0.5) is 5.69 Å². The Morgan fingerprint density at radius 3 is 2.35 bits per heavy atom. The largest absolute Gasteiger partial charge is 0.355 e. The number of aryl methyl sites for hydroxylation is 2. The summed E-state index contributed by atoms with van der Waals surface area (Å²) in [4.78, 5) is 26.2. The van der Waals surface area contributed by atoms with E-state index in [9.17, 15) is 9.59 Å². The first-order valence-electron chi connectivity index (χ1n) is 8.71. The van der Waals surface area contributed by atoms with Gasteiger partial charge in [-0.3, -0.25) is 14.5 Å². The first kappa shape index (κ1) is 19.7. The van der Waals surface area contributed by atoms with Gasteiger partial charge < -0.3 is 10.6 Å². The van der Waals surface area contributed by atoms with Gasteiger partial charge in [-0.25, -0.2) is 0 Å². The van der Waals surface area contributed by atoms with Gasteiger partial charge >= 0.3 is 0 Å². The van der Waals surface area contributed by atoms with Gasteiger partial charge in [0.25, 0.3) is 5.91 Å². The average molecular weight is 353 g/mol. The first-order valence-corrected chi connectivity index (χ1v) is 8.71. The van der Waals surface area contributed by atoms with Crippen LogP contribution >= 0.6 is 0 Å². The van der Waals surface area contributed by atoms with Crippen LogP contribution in [0.15, 0.2) is 42.5 Å². The van der Waals surface area contributed by atoms with Crippen molar-refractivity contribution < 1.29 is 9.59 Å². The molecule has 0 aromatic heterocycles. The van der Waals surface area contributed by atoms with Crippen LogP contribution < -0.4 is 10.6 Å². The minimum atomic E-state index is -0.284. The number of hydrogen-bond acceptors (Lipinski definition) is 3. The molecule has 0 unspecified atom stereocenters. The molecule has 2 aromatic carbocycles. The number of rotatable bonds is 6. The third-order valence-corrected chi connectivity index (χ3v) is 4.57. The van der Waals surface area contributed by atoms with Crippen LogP contribution in [0.3, 0.4) is 0 Å². The van der Waals surface area contributed by atoms with Gasteiger partial charge in [-0.05, 0) is 62.7 Å². The minimum absolute atomic E-state index is 0.0387. The van der Waals surface area contributed by atoms with Gasteiger partial charge in [0, 0.05) is 24.8 Å². The zero-order chi connectivity index (χ0) is 19.3. The summed E-state index contributed by atoms with van der Waals surface area (Å²) >= 11 is 0. The molecule has 0 fully saturated rings. The van der Waals surface area contributed by atoms with E-state index < -0.39 is 0 Å². The normalized spacial score (nSPS) is 11.9. The number of likely N-dealkylation sites (N-methyl/N-ethyl adjacent to an activating group) is 1. The van der Waals surface area contributed by atoms with E-state index in [4.69, 9.17) is 0 Å². The van der Waals surface area contributed by atoms with Crippen molar-refractivity contribution >= 4 is 17.5 Å². The van der Waals surface area contributed by atoms with Gasteiger partial charge in [-0.15, -0.1) is 0 Å². The van der Waals surface area contributed by atoms with E-state index in [1.54, 1.807) is 19.2 Å². The molecule has 0 aliphatic rings. The highest BCUT2D eigenvalue weighted by molar-refractivity contribution is 5.95. The molecule has 0 heterocycles. The van der Waals surface area contributed by atoms with Crippen molar-refractivity contribution in [3.8, 4) is 0 Å². The second kappa shape index (κ2) is 8.63. The van der Waals surface area contributed by atoms with Gasteiger partial charge in [0.1, 0.15) is 0 Å². The SMILES string of the molecule is CNC(=O)c1ccc(CN(C)[C@H](C)C(=O)Nc2cc(C)ccc2C)cc1. The molecule has 0 saturated carbocycles. The highest BCUT2D eigenvalue weighted by atomic mass is 16.2. The number of hydrogen-bond donors (Lipinski definition) is 2. The fourth-order valence-corrected chi connectivity index (χ4v) is 2.64. The fourth-order valence-electron chi connectivity index (χ4n) is 2.64. The van der Waals surface area contributed by atoms with Crippen LogP contribution in [-0.2, 0) is 11.3 Å². The van der Waals surface area contributed by atoms with Crippen LogP contribution in [0.5, 0.6) is 0 Å². The third kappa shape index (κ3) is 4.92. The van der Waals surface area contributed by atoms with Crippen molar-refractivity contribution in [1.82, 2.24) is 10.2 Å². The number of carbonyl (C=O) groups excluding carboxylic acids is 2. The Bertz CT molecular complexity index is 784. The summed E-state index contributed by atoms with van der Waals surface area (Å²) in [7, 11) is 3.53. The van der Waals surface area contributed by atoms with E-state index in [0.717, 1.165) is 22.4 Å². The molecule has 2 N–H and O–H groups in total. The van der Waals surface area contributed by atoms with E-state index in [2.05, 4.69) is 10.6 Å². The summed E-state index contributed by atoms with van der Waals surface area (Å²) in [5.74, 6) is -0.144. The molecule has 2 aromatic rings. The second-order valence-electron chi connectivity index (χ2n) is 6.67. The molecule has 0 spiro atoms. The van der Waals surface area contributed by atoms with Gasteiger partial charge in [-0.2, -0.15) is 0 Å². The topological polar surface area (TPSA) is 61.4 Å². The summed E-state index contributed by atoms with van der Waals surface area (Å²) in [5, 5.41) is 5.62. The number of nitrogens with one attached hydrogen (secondary N) is 2. The zero-order valence-electron chi connectivity index (χ0n) is 16.1.